The van der Waals surface area contributed by atoms with Crippen molar-refractivity contribution in [3.8, 4) is 0 Å². The Kier molecular flexibility index (Phi) is 5.43. The number of nitrogens with one attached hydrogen (secondary N) is 1. The predicted molar refractivity (Wildman–Crippen MR) is 95.9 cm³/mol. The van der Waals surface area contributed by atoms with Gasteiger partial charge < -0.3 is 0 Å². The maximum atomic E-state index is 13.1. The van der Waals surface area contributed by atoms with Crippen molar-refractivity contribution in [2.24, 2.45) is 5.10 Å². The maximum Gasteiger partial charge on any atom is 0.271 e. The molecule has 1 amide bonds. The first-order valence-corrected chi connectivity index (χ1v) is 9.60. The lowest BCUT2D eigenvalue weighted by molar-refractivity contribution is 0.0955. The second kappa shape index (κ2) is 7.76. The fourth-order valence-corrected chi connectivity index (χ4v) is 4.19. The fourth-order valence-electron chi connectivity index (χ4n) is 2.67. The number of rotatable bonds is 5. The number of carbonyl (C=O) groups excluding carboxylic acids is 1. The number of benzene rings is 2. The highest BCUT2D eigenvalue weighted by atomic mass is 32.2. The van der Waals surface area contributed by atoms with Gasteiger partial charge in [0.1, 0.15) is 5.82 Å². The minimum absolute atomic E-state index is 0.166. The van der Waals surface area contributed by atoms with E-state index in [1.807, 2.05) is 0 Å². The first kappa shape index (κ1) is 18.2. The minimum Gasteiger partial charge on any atom is -0.267 e. The van der Waals surface area contributed by atoms with Crippen LogP contribution in [0, 0.1) is 5.82 Å². The number of amides is 1. The van der Waals surface area contributed by atoms with E-state index in [1.54, 1.807) is 6.07 Å². The number of hydrogen-bond acceptors (Lipinski definition) is 4. The van der Waals surface area contributed by atoms with E-state index in [-0.39, 0.29) is 10.5 Å². The molecule has 0 aliphatic carbocycles. The summed E-state index contributed by atoms with van der Waals surface area (Å²) in [6.07, 6.45) is 3.05. The molecule has 0 unspecified atom stereocenters. The zero-order valence-corrected chi connectivity index (χ0v) is 14.7. The van der Waals surface area contributed by atoms with Gasteiger partial charge in [0, 0.05) is 18.7 Å². The summed E-state index contributed by atoms with van der Waals surface area (Å²) in [5.41, 5.74) is 3.12. The topological polar surface area (TPSA) is 78.8 Å². The van der Waals surface area contributed by atoms with Crippen LogP contribution in [0.1, 0.15) is 28.8 Å². The molecule has 1 aliphatic heterocycles. The maximum absolute atomic E-state index is 13.1. The van der Waals surface area contributed by atoms with Crippen LogP contribution in [-0.2, 0) is 10.0 Å². The first-order valence-electron chi connectivity index (χ1n) is 8.16. The van der Waals surface area contributed by atoms with Gasteiger partial charge in [0.05, 0.1) is 11.1 Å². The summed E-state index contributed by atoms with van der Waals surface area (Å²) in [6, 6.07) is 11.5. The van der Waals surface area contributed by atoms with Gasteiger partial charge in [-0.05, 0) is 54.8 Å². The van der Waals surface area contributed by atoms with Crippen LogP contribution in [-0.4, -0.2) is 37.9 Å². The summed E-state index contributed by atoms with van der Waals surface area (Å²) in [6.45, 7) is 1.05. The van der Waals surface area contributed by atoms with Gasteiger partial charge in [-0.15, -0.1) is 0 Å². The third-order valence-electron chi connectivity index (χ3n) is 4.05. The molecule has 136 valence electrons. The van der Waals surface area contributed by atoms with Crippen LogP contribution in [0.3, 0.4) is 0 Å². The predicted octanol–water partition coefficient (Wildman–Crippen LogP) is 2.37. The van der Waals surface area contributed by atoms with Crippen molar-refractivity contribution in [2.75, 3.05) is 13.1 Å². The second-order valence-corrected chi connectivity index (χ2v) is 7.83. The van der Waals surface area contributed by atoms with Gasteiger partial charge in [-0.2, -0.15) is 9.41 Å². The summed E-state index contributed by atoms with van der Waals surface area (Å²) in [7, 11) is -3.50. The number of carbonyl (C=O) groups is 1. The average molecular weight is 375 g/mol. The van der Waals surface area contributed by atoms with E-state index in [9.17, 15) is 17.6 Å². The highest BCUT2D eigenvalue weighted by Gasteiger charge is 2.27. The Morgan fingerprint density at radius 3 is 2.46 bits per heavy atom. The van der Waals surface area contributed by atoms with Crippen LogP contribution < -0.4 is 5.43 Å². The van der Waals surface area contributed by atoms with E-state index in [4.69, 9.17) is 0 Å². The van der Waals surface area contributed by atoms with Crippen molar-refractivity contribution in [3.63, 3.8) is 0 Å². The van der Waals surface area contributed by atoms with Crippen LogP contribution >= 0.6 is 0 Å². The van der Waals surface area contributed by atoms with E-state index in [2.05, 4.69) is 10.5 Å². The lowest BCUT2D eigenvalue weighted by Gasteiger charge is -2.15. The van der Waals surface area contributed by atoms with Gasteiger partial charge >= 0.3 is 0 Å². The van der Waals surface area contributed by atoms with Crippen LogP contribution in [0.25, 0.3) is 0 Å². The third-order valence-corrected chi connectivity index (χ3v) is 5.96. The molecule has 0 saturated carbocycles. The Morgan fingerprint density at radius 2 is 1.81 bits per heavy atom. The van der Waals surface area contributed by atoms with Crippen molar-refractivity contribution in [3.05, 3.63) is 65.5 Å². The Balaban J connectivity index is 1.65. The van der Waals surface area contributed by atoms with Crippen molar-refractivity contribution < 1.29 is 17.6 Å². The monoisotopic (exact) mass is 375 g/mol. The van der Waals surface area contributed by atoms with Gasteiger partial charge in [0.15, 0.2) is 0 Å². The molecule has 1 heterocycles. The zero-order chi connectivity index (χ0) is 18.6. The Hall–Kier alpha value is -2.58. The Morgan fingerprint density at radius 1 is 1.12 bits per heavy atom. The smallest absolute Gasteiger partial charge is 0.267 e. The van der Waals surface area contributed by atoms with Crippen molar-refractivity contribution in [2.45, 2.75) is 17.7 Å². The molecule has 1 fully saturated rings. The van der Waals surface area contributed by atoms with E-state index in [0.717, 1.165) is 12.8 Å². The van der Waals surface area contributed by atoms with Crippen molar-refractivity contribution in [1.29, 1.82) is 0 Å². The lowest BCUT2D eigenvalue weighted by Crippen LogP contribution is -2.28. The highest BCUT2D eigenvalue weighted by Crippen LogP contribution is 2.21. The molecule has 26 heavy (non-hydrogen) atoms. The van der Waals surface area contributed by atoms with Crippen LogP contribution in [0.4, 0.5) is 4.39 Å². The van der Waals surface area contributed by atoms with Crippen LogP contribution in [0.2, 0.25) is 0 Å². The zero-order valence-electron chi connectivity index (χ0n) is 13.9. The van der Waals surface area contributed by atoms with Gasteiger partial charge in [-0.1, -0.05) is 12.1 Å². The van der Waals surface area contributed by atoms with E-state index in [1.165, 1.54) is 53.0 Å². The first-order chi connectivity index (χ1) is 12.5. The molecule has 1 N–H and O–H groups in total. The minimum atomic E-state index is -3.50. The van der Waals surface area contributed by atoms with E-state index in [0.29, 0.717) is 18.7 Å². The Bertz CT molecular complexity index is 921. The fraction of sp³-hybridized carbons (Fsp3) is 0.222. The number of hydrogen-bond donors (Lipinski definition) is 1. The molecule has 6 nitrogen and oxygen atoms in total. The van der Waals surface area contributed by atoms with Crippen LogP contribution in [0.15, 0.2) is 58.5 Å². The summed E-state index contributed by atoms with van der Waals surface area (Å²) < 4.78 is 39.4. The quantitative estimate of drug-likeness (QED) is 0.644. The number of sulfonamides is 1. The molecular formula is C18H18FN3O3S. The normalized spacial score (nSPS) is 15.4. The molecule has 2 aromatic carbocycles. The highest BCUT2D eigenvalue weighted by molar-refractivity contribution is 7.89. The second-order valence-electron chi connectivity index (χ2n) is 5.89. The summed E-state index contributed by atoms with van der Waals surface area (Å²) in [5.74, 6) is -0.877. The van der Waals surface area contributed by atoms with Gasteiger partial charge in [-0.3, -0.25) is 4.79 Å². The summed E-state index contributed by atoms with van der Waals surface area (Å²) >= 11 is 0. The molecule has 8 heteroatoms. The van der Waals surface area contributed by atoms with Gasteiger partial charge in [-0.25, -0.2) is 18.2 Å². The standard InChI is InChI=1S/C18H18FN3O3S/c19-16-5-3-4-14(12-16)13-20-21-18(23)15-6-8-17(9-7-15)26(24,25)22-10-1-2-11-22/h3-9,12-13H,1-2,10-11H2,(H,21,23)/b20-13-. The molecule has 0 atom stereocenters. The molecular weight excluding hydrogens is 357 g/mol. The molecule has 0 aromatic heterocycles. The van der Waals surface area contributed by atoms with Crippen molar-refractivity contribution >= 4 is 22.1 Å². The average Bonchev–Trinajstić information content (AvgIpc) is 3.17. The molecule has 2 aromatic rings. The molecule has 1 aliphatic rings. The number of halogens is 1. The molecule has 1 saturated heterocycles. The molecule has 0 spiro atoms. The summed E-state index contributed by atoms with van der Waals surface area (Å²) in [5, 5.41) is 3.78. The SMILES string of the molecule is O=C(N/N=C\c1cccc(F)c1)c1ccc(S(=O)(=O)N2CCCC2)cc1. The van der Waals surface area contributed by atoms with Gasteiger partial charge in [0.2, 0.25) is 10.0 Å². The van der Waals surface area contributed by atoms with Crippen LogP contribution in [0.5, 0.6) is 0 Å². The third kappa shape index (κ3) is 4.14. The van der Waals surface area contributed by atoms with E-state index < -0.39 is 21.7 Å². The Labute approximate surface area is 151 Å². The van der Waals surface area contributed by atoms with E-state index >= 15 is 0 Å². The molecule has 0 bridgehead atoms. The largest absolute Gasteiger partial charge is 0.271 e. The molecule has 3 rings (SSSR count). The lowest BCUT2D eigenvalue weighted by atomic mass is 10.2. The molecule has 0 radical (unpaired) electrons. The number of nitrogens with zero attached hydrogens (tertiary/aromatic N) is 2. The van der Waals surface area contributed by atoms with Crippen molar-refractivity contribution in [1.82, 2.24) is 9.73 Å². The van der Waals surface area contributed by atoms with Gasteiger partial charge in [0.25, 0.3) is 5.91 Å². The summed E-state index contributed by atoms with van der Waals surface area (Å²) in [4.78, 5) is 12.2. The number of hydrazone groups is 1.